The molecular weight excluding hydrogens is 368 g/mol. The lowest BCUT2D eigenvalue weighted by Crippen LogP contribution is -2.06. The number of hydrogen-bond donors (Lipinski definition) is 0. The third-order valence-corrected chi connectivity index (χ3v) is 4.16. The van der Waals surface area contributed by atoms with Gasteiger partial charge in [0.2, 0.25) is 0 Å². The van der Waals surface area contributed by atoms with E-state index in [0.717, 1.165) is 11.3 Å². The summed E-state index contributed by atoms with van der Waals surface area (Å²) in [4.78, 5) is 12.2. The summed E-state index contributed by atoms with van der Waals surface area (Å²) in [5.74, 6) is 0.701. The SMILES string of the molecule is CCOC(=O)c1cc(-c2ccc(OC)c(OC)c2)n(-c2cccc(Cl)c2)n1. The number of methoxy groups -OCH3 is 2. The molecule has 0 aliphatic carbocycles. The maximum Gasteiger partial charge on any atom is 0.358 e. The van der Waals surface area contributed by atoms with Gasteiger partial charge in [0.15, 0.2) is 17.2 Å². The highest BCUT2D eigenvalue weighted by atomic mass is 35.5. The van der Waals surface area contributed by atoms with Crippen LogP contribution in [0.4, 0.5) is 0 Å². The normalized spacial score (nSPS) is 10.5. The number of esters is 1. The van der Waals surface area contributed by atoms with Crippen LogP contribution in [0.25, 0.3) is 16.9 Å². The Labute approximate surface area is 162 Å². The summed E-state index contributed by atoms with van der Waals surface area (Å²) >= 11 is 6.13. The summed E-state index contributed by atoms with van der Waals surface area (Å²) in [6.45, 7) is 2.02. The molecule has 0 spiro atoms. The molecular formula is C20H19ClN2O4. The van der Waals surface area contributed by atoms with Crippen LogP contribution in [0.3, 0.4) is 0 Å². The van der Waals surface area contributed by atoms with E-state index in [-0.39, 0.29) is 12.3 Å². The van der Waals surface area contributed by atoms with Crippen LogP contribution in [0.2, 0.25) is 5.02 Å². The van der Waals surface area contributed by atoms with E-state index < -0.39 is 5.97 Å². The van der Waals surface area contributed by atoms with E-state index >= 15 is 0 Å². The maximum atomic E-state index is 12.2. The minimum Gasteiger partial charge on any atom is -0.493 e. The number of benzene rings is 2. The van der Waals surface area contributed by atoms with Crippen molar-refractivity contribution in [2.24, 2.45) is 0 Å². The number of nitrogens with zero attached hydrogens (tertiary/aromatic N) is 2. The van der Waals surface area contributed by atoms with Gasteiger partial charge < -0.3 is 14.2 Å². The lowest BCUT2D eigenvalue weighted by molar-refractivity contribution is 0.0519. The standard InChI is InChI=1S/C20H19ClN2O4/c1-4-27-20(24)16-12-17(13-8-9-18(25-2)19(10-13)26-3)23(22-16)15-7-5-6-14(21)11-15/h5-12H,4H2,1-3H3. The molecule has 0 saturated heterocycles. The Morgan fingerprint density at radius 3 is 2.52 bits per heavy atom. The van der Waals surface area contributed by atoms with Crippen molar-refractivity contribution in [2.45, 2.75) is 6.92 Å². The number of halogens is 1. The van der Waals surface area contributed by atoms with Gasteiger partial charge in [-0.2, -0.15) is 5.10 Å². The minimum atomic E-state index is -0.486. The monoisotopic (exact) mass is 386 g/mol. The topological polar surface area (TPSA) is 62.6 Å². The molecule has 6 nitrogen and oxygen atoms in total. The summed E-state index contributed by atoms with van der Waals surface area (Å²) in [5.41, 5.74) is 2.43. The van der Waals surface area contributed by atoms with E-state index in [0.29, 0.717) is 22.2 Å². The first-order valence-electron chi connectivity index (χ1n) is 8.33. The number of rotatable bonds is 6. The van der Waals surface area contributed by atoms with Crippen molar-refractivity contribution in [1.29, 1.82) is 0 Å². The Balaban J connectivity index is 2.17. The van der Waals surface area contributed by atoms with E-state index in [2.05, 4.69) is 5.10 Å². The molecule has 0 fully saturated rings. The minimum absolute atomic E-state index is 0.210. The molecule has 140 valence electrons. The zero-order chi connectivity index (χ0) is 19.4. The molecule has 0 aliphatic rings. The third-order valence-electron chi connectivity index (χ3n) is 3.93. The van der Waals surface area contributed by atoms with Gasteiger partial charge in [-0.1, -0.05) is 17.7 Å². The van der Waals surface area contributed by atoms with Crippen LogP contribution in [0.15, 0.2) is 48.5 Å². The van der Waals surface area contributed by atoms with Gasteiger partial charge in [-0.05, 0) is 49.4 Å². The quantitative estimate of drug-likeness (QED) is 0.588. The summed E-state index contributed by atoms with van der Waals surface area (Å²) in [7, 11) is 3.15. The molecule has 1 aromatic heterocycles. The average Bonchev–Trinajstić information content (AvgIpc) is 3.13. The van der Waals surface area contributed by atoms with Crippen LogP contribution < -0.4 is 9.47 Å². The first-order valence-corrected chi connectivity index (χ1v) is 8.70. The predicted molar refractivity (Wildman–Crippen MR) is 103 cm³/mol. The largest absolute Gasteiger partial charge is 0.493 e. The number of aromatic nitrogens is 2. The van der Waals surface area contributed by atoms with E-state index in [1.165, 1.54) is 0 Å². The van der Waals surface area contributed by atoms with Crippen molar-refractivity contribution < 1.29 is 19.0 Å². The molecule has 27 heavy (non-hydrogen) atoms. The molecule has 3 rings (SSSR count). The third kappa shape index (κ3) is 3.90. The molecule has 2 aromatic carbocycles. The molecule has 0 aliphatic heterocycles. The molecule has 0 bridgehead atoms. The van der Waals surface area contributed by atoms with E-state index in [9.17, 15) is 4.79 Å². The van der Waals surface area contributed by atoms with Crippen molar-refractivity contribution in [3.05, 3.63) is 59.2 Å². The van der Waals surface area contributed by atoms with Gasteiger partial charge in [-0.25, -0.2) is 9.48 Å². The summed E-state index contributed by atoms with van der Waals surface area (Å²) in [5, 5.41) is 4.99. The Bertz CT molecular complexity index is 968. The molecule has 0 unspecified atom stereocenters. The van der Waals surface area contributed by atoms with Gasteiger partial charge in [-0.15, -0.1) is 0 Å². The Hall–Kier alpha value is -2.99. The van der Waals surface area contributed by atoms with Gasteiger partial charge >= 0.3 is 5.97 Å². The van der Waals surface area contributed by atoms with Gasteiger partial charge in [0.05, 0.1) is 32.2 Å². The molecule has 1 heterocycles. The van der Waals surface area contributed by atoms with Crippen molar-refractivity contribution in [1.82, 2.24) is 9.78 Å². The average molecular weight is 387 g/mol. The van der Waals surface area contributed by atoms with E-state index in [1.54, 1.807) is 50.1 Å². The molecule has 0 N–H and O–H groups in total. The number of hydrogen-bond acceptors (Lipinski definition) is 5. The van der Waals surface area contributed by atoms with Gasteiger partial charge in [0.1, 0.15) is 0 Å². The summed E-state index contributed by atoms with van der Waals surface area (Å²) in [6, 6.07) is 14.4. The zero-order valence-corrected chi connectivity index (χ0v) is 16.0. The highest BCUT2D eigenvalue weighted by Gasteiger charge is 2.19. The maximum absolute atomic E-state index is 12.2. The van der Waals surface area contributed by atoms with Crippen LogP contribution >= 0.6 is 11.6 Å². The lowest BCUT2D eigenvalue weighted by atomic mass is 10.1. The van der Waals surface area contributed by atoms with Crippen molar-refractivity contribution in [3.63, 3.8) is 0 Å². The van der Waals surface area contributed by atoms with Crippen LogP contribution in [-0.4, -0.2) is 36.6 Å². The van der Waals surface area contributed by atoms with Crippen LogP contribution in [0.1, 0.15) is 17.4 Å². The molecule has 3 aromatic rings. The number of carbonyl (C=O) groups is 1. The number of ether oxygens (including phenoxy) is 3. The summed E-state index contributed by atoms with van der Waals surface area (Å²) < 4.78 is 17.4. The highest BCUT2D eigenvalue weighted by Crippen LogP contribution is 2.33. The predicted octanol–water partition coefficient (Wildman–Crippen LogP) is 4.39. The van der Waals surface area contributed by atoms with Crippen LogP contribution in [-0.2, 0) is 4.74 Å². The Morgan fingerprint density at radius 1 is 1.07 bits per heavy atom. The fraction of sp³-hybridized carbons (Fsp3) is 0.200. The first-order chi connectivity index (χ1) is 13.1. The van der Waals surface area contributed by atoms with Gasteiger partial charge in [0, 0.05) is 10.6 Å². The fourth-order valence-corrected chi connectivity index (χ4v) is 2.88. The second-order valence-corrected chi connectivity index (χ2v) is 6.03. The second-order valence-electron chi connectivity index (χ2n) is 5.60. The lowest BCUT2D eigenvalue weighted by Gasteiger charge is -2.11. The van der Waals surface area contributed by atoms with Crippen LogP contribution in [0.5, 0.6) is 11.5 Å². The second kappa shape index (κ2) is 8.14. The molecule has 0 amide bonds. The van der Waals surface area contributed by atoms with Crippen molar-refractivity contribution >= 4 is 17.6 Å². The Kier molecular flexibility index (Phi) is 5.66. The molecule has 0 saturated carbocycles. The van der Waals surface area contributed by atoms with Gasteiger partial charge in [0.25, 0.3) is 0 Å². The smallest absolute Gasteiger partial charge is 0.358 e. The van der Waals surface area contributed by atoms with Gasteiger partial charge in [-0.3, -0.25) is 0 Å². The van der Waals surface area contributed by atoms with E-state index in [4.69, 9.17) is 25.8 Å². The van der Waals surface area contributed by atoms with Crippen LogP contribution in [0, 0.1) is 0 Å². The highest BCUT2D eigenvalue weighted by molar-refractivity contribution is 6.30. The van der Waals surface area contributed by atoms with E-state index in [1.807, 2.05) is 24.3 Å². The molecule has 0 radical (unpaired) electrons. The first kappa shape index (κ1) is 18.8. The van der Waals surface area contributed by atoms with Crippen molar-refractivity contribution in [2.75, 3.05) is 20.8 Å². The fourth-order valence-electron chi connectivity index (χ4n) is 2.69. The number of carbonyl (C=O) groups excluding carboxylic acids is 1. The zero-order valence-electron chi connectivity index (χ0n) is 15.2. The molecule has 7 heteroatoms. The Morgan fingerprint density at radius 2 is 1.85 bits per heavy atom. The van der Waals surface area contributed by atoms with Crippen molar-refractivity contribution in [3.8, 4) is 28.4 Å². The molecule has 0 atom stereocenters. The summed E-state index contributed by atoms with van der Waals surface area (Å²) in [6.07, 6.45) is 0.